The lowest BCUT2D eigenvalue weighted by Crippen LogP contribution is -2.36. The number of aliphatic carboxylic acids is 1. The number of aryl methyl sites for hydroxylation is 1. The SMILES string of the molecule is CC(C)(C)OC(=O)N(Cc1ccc(CN(Cc2nc3ccc(CC(=O)O)cc3[nH]2)C2CCCc3cccnc32)cc1)Cc1ccccn1. The Balaban J connectivity index is 1.23. The zero-order chi connectivity index (χ0) is 33.7. The fraction of sp³-hybridized carbons (Fsp3) is 0.342. The molecule has 0 fully saturated rings. The van der Waals surface area contributed by atoms with Crippen LogP contribution in [0, 0.1) is 0 Å². The first-order valence-electron chi connectivity index (χ1n) is 16.4. The van der Waals surface area contributed by atoms with Gasteiger partial charge in [-0.05, 0) is 92.6 Å². The van der Waals surface area contributed by atoms with Crippen LogP contribution in [0.1, 0.15) is 79.1 Å². The average Bonchev–Trinajstić information content (AvgIpc) is 3.46. The van der Waals surface area contributed by atoms with Crippen molar-refractivity contribution < 1.29 is 19.4 Å². The van der Waals surface area contributed by atoms with Crippen molar-refractivity contribution in [3.63, 3.8) is 0 Å². The molecule has 0 spiro atoms. The van der Waals surface area contributed by atoms with Gasteiger partial charge in [0.1, 0.15) is 11.4 Å². The summed E-state index contributed by atoms with van der Waals surface area (Å²) in [7, 11) is 0. The Morgan fingerprint density at radius 3 is 2.38 bits per heavy atom. The molecule has 1 unspecified atom stereocenters. The van der Waals surface area contributed by atoms with E-state index in [1.54, 1.807) is 11.1 Å². The van der Waals surface area contributed by atoms with Gasteiger partial charge in [-0.2, -0.15) is 0 Å². The topological polar surface area (TPSA) is 125 Å². The monoisotopic (exact) mass is 646 g/mol. The summed E-state index contributed by atoms with van der Waals surface area (Å²) in [6.45, 7) is 7.58. The van der Waals surface area contributed by atoms with Gasteiger partial charge in [0, 0.05) is 25.5 Å². The highest BCUT2D eigenvalue weighted by molar-refractivity contribution is 5.78. The highest BCUT2D eigenvalue weighted by Gasteiger charge is 2.28. The number of H-pyrrole nitrogens is 1. The van der Waals surface area contributed by atoms with Crippen molar-refractivity contribution in [2.45, 2.75) is 84.3 Å². The van der Waals surface area contributed by atoms with Crippen LogP contribution >= 0.6 is 0 Å². The number of aromatic amines is 1. The van der Waals surface area contributed by atoms with Gasteiger partial charge in [-0.25, -0.2) is 9.78 Å². The first-order valence-corrected chi connectivity index (χ1v) is 16.4. The molecule has 0 saturated heterocycles. The third-order valence-electron chi connectivity index (χ3n) is 8.42. The minimum absolute atomic E-state index is 0.0321. The van der Waals surface area contributed by atoms with Crippen LogP contribution < -0.4 is 0 Å². The van der Waals surface area contributed by atoms with E-state index in [0.29, 0.717) is 26.2 Å². The van der Waals surface area contributed by atoms with E-state index in [0.717, 1.165) is 64.2 Å². The van der Waals surface area contributed by atoms with Crippen molar-refractivity contribution in [2.24, 2.45) is 0 Å². The molecule has 1 aliphatic carbocycles. The van der Waals surface area contributed by atoms with Gasteiger partial charge < -0.3 is 14.8 Å². The van der Waals surface area contributed by atoms with E-state index in [9.17, 15) is 14.7 Å². The van der Waals surface area contributed by atoms with Gasteiger partial charge in [0.25, 0.3) is 0 Å². The number of nitrogens with zero attached hydrogens (tertiary/aromatic N) is 5. The van der Waals surface area contributed by atoms with E-state index >= 15 is 0 Å². The molecule has 0 saturated carbocycles. The Labute approximate surface area is 280 Å². The smallest absolute Gasteiger partial charge is 0.410 e. The van der Waals surface area contributed by atoms with Crippen molar-refractivity contribution in [1.29, 1.82) is 0 Å². The van der Waals surface area contributed by atoms with Crippen LogP contribution in [0.15, 0.2) is 85.2 Å². The first-order chi connectivity index (χ1) is 23.1. The second-order valence-electron chi connectivity index (χ2n) is 13.4. The zero-order valence-corrected chi connectivity index (χ0v) is 27.7. The summed E-state index contributed by atoms with van der Waals surface area (Å²) < 4.78 is 5.73. The molecule has 3 heterocycles. The largest absolute Gasteiger partial charge is 0.481 e. The molecule has 0 aliphatic heterocycles. The summed E-state index contributed by atoms with van der Waals surface area (Å²) in [6, 6.07) is 23.9. The zero-order valence-electron chi connectivity index (χ0n) is 27.7. The number of hydrogen-bond acceptors (Lipinski definition) is 7. The normalized spacial score (nSPS) is 14.5. The van der Waals surface area contributed by atoms with E-state index in [1.165, 1.54) is 5.56 Å². The second kappa shape index (κ2) is 14.4. The molecular formula is C38H42N6O4. The summed E-state index contributed by atoms with van der Waals surface area (Å²) in [4.78, 5) is 46.1. The molecule has 48 heavy (non-hydrogen) atoms. The maximum Gasteiger partial charge on any atom is 0.410 e. The lowest BCUT2D eigenvalue weighted by atomic mass is 9.90. The number of pyridine rings is 2. The van der Waals surface area contributed by atoms with Gasteiger partial charge in [-0.15, -0.1) is 0 Å². The molecule has 2 N–H and O–H groups in total. The molecular weight excluding hydrogens is 604 g/mol. The molecule has 5 aromatic rings. The number of fused-ring (bicyclic) bond motifs is 2. The third kappa shape index (κ3) is 8.43. The van der Waals surface area contributed by atoms with Gasteiger partial charge in [-0.3, -0.25) is 24.6 Å². The number of amides is 1. The molecule has 0 radical (unpaired) electrons. The fourth-order valence-corrected chi connectivity index (χ4v) is 6.28. The van der Waals surface area contributed by atoms with Crippen LogP contribution in [0.4, 0.5) is 4.79 Å². The number of carbonyl (C=O) groups is 2. The minimum Gasteiger partial charge on any atom is -0.481 e. The number of benzene rings is 2. The molecule has 1 aliphatic rings. The minimum atomic E-state index is -0.861. The Morgan fingerprint density at radius 1 is 0.896 bits per heavy atom. The summed E-state index contributed by atoms with van der Waals surface area (Å²) in [5.74, 6) is -0.0415. The summed E-state index contributed by atoms with van der Waals surface area (Å²) in [5, 5.41) is 9.25. The van der Waals surface area contributed by atoms with E-state index in [-0.39, 0.29) is 18.6 Å². The van der Waals surface area contributed by atoms with E-state index in [2.05, 4.69) is 45.2 Å². The fourth-order valence-electron chi connectivity index (χ4n) is 6.28. The first kappa shape index (κ1) is 32.8. The highest BCUT2D eigenvalue weighted by atomic mass is 16.6. The number of nitrogens with one attached hydrogen (secondary N) is 1. The summed E-state index contributed by atoms with van der Waals surface area (Å²) >= 11 is 0. The van der Waals surface area contributed by atoms with Crippen LogP contribution in [0.2, 0.25) is 0 Å². The quantitative estimate of drug-likeness (QED) is 0.157. The summed E-state index contributed by atoms with van der Waals surface area (Å²) in [6.07, 6.45) is 6.27. The second-order valence-corrected chi connectivity index (χ2v) is 13.4. The van der Waals surface area contributed by atoms with Crippen molar-refractivity contribution in [3.8, 4) is 0 Å². The Kier molecular flexibility index (Phi) is 9.82. The predicted molar refractivity (Wildman–Crippen MR) is 183 cm³/mol. The lowest BCUT2D eigenvalue weighted by Gasteiger charge is -2.34. The van der Waals surface area contributed by atoms with E-state index in [4.69, 9.17) is 14.7 Å². The molecule has 3 aromatic heterocycles. The predicted octanol–water partition coefficient (Wildman–Crippen LogP) is 7.00. The number of rotatable bonds is 11. The molecule has 1 amide bonds. The van der Waals surface area contributed by atoms with Gasteiger partial charge in [0.15, 0.2) is 0 Å². The Bertz CT molecular complexity index is 1870. The van der Waals surface area contributed by atoms with Crippen molar-refractivity contribution in [3.05, 3.63) is 125 Å². The molecule has 248 valence electrons. The van der Waals surface area contributed by atoms with Crippen LogP contribution in [0.5, 0.6) is 0 Å². The summed E-state index contributed by atoms with van der Waals surface area (Å²) in [5.41, 5.74) is 7.08. The molecule has 2 aromatic carbocycles. The van der Waals surface area contributed by atoms with Gasteiger partial charge in [-0.1, -0.05) is 42.5 Å². The number of carbonyl (C=O) groups excluding carboxylic acids is 1. The van der Waals surface area contributed by atoms with Gasteiger partial charge in [0.2, 0.25) is 0 Å². The highest BCUT2D eigenvalue weighted by Crippen LogP contribution is 2.35. The van der Waals surface area contributed by atoms with E-state index in [1.807, 2.05) is 69.4 Å². The number of aromatic nitrogens is 4. The van der Waals surface area contributed by atoms with E-state index < -0.39 is 11.6 Å². The molecule has 10 heteroatoms. The lowest BCUT2D eigenvalue weighted by molar-refractivity contribution is -0.136. The van der Waals surface area contributed by atoms with Gasteiger partial charge >= 0.3 is 12.1 Å². The maximum atomic E-state index is 13.2. The Hall–Kier alpha value is -5.09. The van der Waals surface area contributed by atoms with Crippen LogP contribution in [-0.4, -0.2) is 52.5 Å². The maximum absolute atomic E-state index is 13.2. The van der Waals surface area contributed by atoms with Gasteiger partial charge in [0.05, 0.1) is 48.0 Å². The van der Waals surface area contributed by atoms with Crippen molar-refractivity contribution >= 4 is 23.1 Å². The number of carboxylic acid groups (broad SMARTS) is 1. The van der Waals surface area contributed by atoms with Crippen LogP contribution in [-0.2, 0) is 48.6 Å². The van der Waals surface area contributed by atoms with Crippen molar-refractivity contribution in [2.75, 3.05) is 0 Å². The number of ether oxygens (including phenoxy) is 1. The average molecular weight is 647 g/mol. The van der Waals surface area contributed by atoms with Crippen LogP contribution in [0.25, 0.3) is 11.0 Å². The number of imidazole rings is 1. The third-order valence-corrected chi connectivity index (χ3v) is 8.42. The van der Waals surface area contributed by atoms with Crippen LogP contribution in [0.3, 0.4) is 0 Å². The standard InChI is InChI=1S/C38H42N6O4/c1-38(2,3)48-37(47)44(24-30-10-4-5-18-39-30)23-27-14-12-26(13-15-27)22-43(33-11-6-8-29-9-7-19-40-36(29)33)25-34-41-31-17-16-28(21-35(45)46)20-32(31)42-34/h4-5,7,9-10,12-20,33H,6,8,11,21-25H2,1-3H3,(H,41,42)(H,45,46). The molecule has 6 rings (SSSR count). The Morgan fingerprint density at radius 2 is 1.65 bits per heavy atom. The molecule has 1 atom stereocenters. The number of carboxylic acids is 1. The van der Waals surface area contributed by atoms with Crippen molar-refractivity contribution in [1.82, 2.24) is 29.7 Å². The number of hydrogen-bond donors (Lipinski definition) is 2. The molecule has 10 nitrogen and oxygen atoms in total. The molecule has 0 bridgehead atoms.